The number of sulfone groups is 1. The maximum Gasteiger partial charge on any atom is 0.249 e. The third-order valence-corrected chi connectivity index (χ3v) is 2.23. The molecular formula is C5H9N3O3S. The molecule has 1 aromatic heterocycles. The van der Waals surface area contributed by atoms with Gasteiger partial charge in [0.2, 0.25) is 15.0 Å². The maximum absolute atomic E-state index is 11.0. The molecule has 0 aliphatic carbocycles. The molecule has 0 saturated heterocycles. The van der Waals surface area contributed by atoms with Crippen LogP contribution in [0.25, 0.3) is 0 Å². The van der Waals surface area contributed by atoms with Crippen LogP contribution in [0.2, 0.25) is 0 Å². The number of aliphatic hydroxyl groups excluding tert-OH is 1. The highest BCUT2D eigenvalue weighted by Crippen LogP contribution is 2.02. The van der Waals surface area contributed by atoms with Gasteiger partial charge in [0, 0.05) is 12.8 Å². The van der Waals surface area contributed by atoms with Crippen molar-refractivity contribution in [2.45, 2.75) is 11.7 Å². The minimum atomic E-state index is -3.33. The largest absolute Gasteiger partial charge is 0.395 e. The molecule has 1 heterocycles. The third-order valence-electron chi connectivity index (χ3n) is 1.25. The lowest BCUT2D eigenvalue weighted by Gasteiger charge is -2.00. The zero-order valence-electron chi connectivity index (χ0n) is 6.51. The van der Waals surface area contributed by atoms with Gasteiger partial charge in [-0.2, -0.15) is 0 Å². The molecule has 12 heavy (non-hydrogen) atoms. The van der Waals surface area contributed by atoms with E-state index in [-0.39, 0.29) is 18.3 Å². The first kappa shape index (κ1) is 9.14. The number of hydrogen-bond donors (Lipinski definition) is 1. The Hall–Kier alpha value is -0.950. The van der Waals surface area contributed by atoms with Gasteiger partial charge < -0.3 is 9.67 Å². The summed E-state index contributed by atoms with van der Waals surface area (Å²) in [5.74, 6) is 0. The molecule has 0 fully saturated rings. The molecule has 1 N–H and O–H groups in total. The summed E-state index contributed by atoms with van der Waals surface area (Å²) in [6.45, 7) is 0.0516. The minimum absolute atomic E-state index is 0.114. The van der Waals surface area contributed by atoms with E-state index in [2.05, 4.69) is 10.2 Å². The van der Waals surface area contributed by atoms with E-state index in [4.69, 9.17) is 5.11 Å². The molecule has 7 heteroatoms. The Kier molecular flexibility index (Phi) is 2.43. The SMILES string of the molecule is CS(=O)(=O)c1nncn1CCO. The number of aliphatic hydroxyl groups is 1. The highest BCUT2D eigenvalue weighted by atomic mass is 32.2. The van der Waals surface area contributed by atoms with Crippen LogP contribution in [0.3, 0.4) is 0 Å². The summed E-state index contributed by atoms with van der Waals surface area (Å²) in [6.07, 6.45) is 2.32. The molecule has 0 amide bonds. The summed E-state index contributed by atoms with van der Waals surface area (Å²) in [5, 5.41) is 15.3. The van der Waals surface area contributed by atoms with Gasteiger partial charge in [-0.25, -0.2) is 8.42 Å². The number of nitrogens with zero attached hydrogens (tertiary/aromatic N) is 3. The number of aromatic nitrogens is 3. The van der Waals surface area contributed by atoms with Crippen LogP contribution >= 0.6 is 0 Å². The Morgan fingerprint density at radius 1 is 1.67 bits per heavy atom. The summed E-state index contributed by atoms with van der Waals surface area (Å²) in [6, 6.07) is 0. The van der Waals surface area contributed by atoms with Gasteiger partial charge in [0.05, 0.1) is 6.61 Å². The average Bonchev–Trinajstić information content (AvgIpc) is 2.34. The van der Waals surface area contributed by atoms with Crippen LogP contribution in [0.1, 0.15) is 0 Å². The first-order valence-electron chi connectivity index (χ1n) is 3.24. The molecule has 0 spiro atoms. The van der Waals surface area contributed by atoms with E-state index in [1.54, 1.807) is 0 Å². The van der Waals surface area contributed by atoms with Gasteiger partial charge >= 0.3 is 0 Å². The Morgan fingerprint density at radius 2 is 2.33 bits per heavy atom. The fourth-order valence-electron chi connectivity index (χ4n) is 0.793. The molecule has 0 bridgehead atoms. The Labute approximate surface area is 69.8 Å². The van der Waals surface area contributed by atoms with Crippen molar-refractivity contribution in [1.82, 2.24) is 14.8 Å². The summed E-state index contributed by atoms with van der Waals surface area (Å²) < 4.78 is 23.3. The van der Waals surface area contributed by atoms with E-state index < -0.39 is 9.84 Å². The monoisotopic (exact) mass is 191 g/mol. The summed E-state index contributed by atoms with van der Waals surface area (Å²) in [5.41, 5.74) is 0. The van der Waals surface area contributed by atoms with Gasteiger partial charge in [-0.1, -0.05) is 0 Å². The van der Waals surface area contributed by atoms with Gasteiger partial charge in [0.15, 0.2) is 0 Å². The Morgan fingerprint density at radius 3 is 2.83 bits per heavy atom. The van der Waals surface area contributed by atoms with E-state index in [0.717, 1.165) is 6.26 Å². The smallest absolute Gasteiger partial charge is 0.249 e. The lowest BCUT2D eigenvalue weighted by atomic mass is 10.7. The third kappa shape index (κ3) is 1.80. The van der Waals surface area contributed by atoms with Gasteiger partial charge in [-0.15, -0.1) is 10.2 Å². The van der Waals surface area contributed by atoms with E-state index >= 15 is 0 Å². The molecule has 1 rings (SSSR count). The van der Waals surface area contributed by atoms with Crippen molar-refractivity contribution in [1.29, 1.82) is 0 Å². The van der Waals surface area contributed by atoms with Crippen LogP contribution in [0, 0.1) is 0 Å². The molecule has 1 aromatic rings. The van der Waals surface area contributed by atoms with Crippen LogP contribution in [0.5, 0.6) is 0 Å². The van der Waals surface area contributed by atoms with E-state index in [9.17, 15) is 8.42 Å². The van der Waals surface area contributed by atoms with Crippen molar-refractivity contribution < 1.29 is 13.5 Å². The molecule has 0 saturated carbocycles. The standard InChI is InChI=1S/C5H9N3O3S/c1-12(10,11)5-7-6-4-8(5)2-3-9/h4,9H,2-3H2,1H3. The van der Waals surface area contributed by atoms with Gasteiger partial charge in [-0.3, -0.25) is 0 Å². The minimum Gasteiger partial charge on any atom is -0.395 e. The quantitative estimate of drug-likeness (QED) is 0.640. The van der Waals surface area contributed by atoms with Crippen molar-refractivity contribution >= 4 is 9.84 Å². The molecule has 6 nitrogen and oxygen atoms in total. The second-order valence-corrected chi connectivity index (χ2v) is 4.21. The van der Waals surface area contributed by atoms with Crippen molar-refractivity contribution in [3.8, 4) is 0 Å². The molecule has 0 atom stereocenters. The summed E-state index contributed by atoms with van der Waals surface area (Å²) in [4.78, 5) is 0. The molecule has 0 aliphatic heterocycles. The highest BCUT2D eigenvalue weighted by molar-refractivity contribution is 7.90. The molecule has 68 valence electrons. The molecule has 0 aromatic carbocycles. The zero-order valence-corrected chi connectivity index (χ0v) is 7.32. The van der Waals surface area contributed by atoms with Gasteiger partial charge in [0.1, 0.15) is 6.33 Å². The Bertz CT molecular complexity index is 356. The first-order chi connectivity index (χ1) is 5.55. The number of hydrogen-bond acceptors (Lipinski definition) is 5. The number of rotatable bonds is 3. The van der Waals surface area contributed by atoms with Crippen LogP contribution in [0.15, 0.2) is 11.5 Å². The van der Waals surface area contributed by atoms with Crippen molar-refractivity contribution in [3.63, 3.8) is 0 Å². The van der Waals surface area contributed by atoms with Crippen LogP contribution < -0.4 is 0 Å². The van der Waals surface area contributed by atoms with Crippen LogP contribution in [0.4, 0.5) is 0 Å². The lowest BCUT2D eigenvalue weighted by Crippen LogP contribution is -2.10. The van der Waals surface area contributed by atoms with Gasteiger partial charge in [0.25, 0.3) is 0 Å². The first-order valence-corrected chi connectivity index (χ1v) is 5.13. The summed E-state index contributed by atoms with van der Waals surface area (Å²) in [7, 11) is -3.33. The zero-order chi connectivity index (χ0) is 9.19. The van der Waals surface area contributed by atoms with Gasteiger partial charge in [-0.05, 0) is 0 Å². The average molecular weight is 191 g/mol. The van der Waals surface area contributed by atoms with Crippen LogP contribution in [-0.2, 0) is 16.4 Å². The second-order valence-electron chi connectivity index (χ2n) is 2.30. The highest BCUT2D eigenvalue weighted by Gasteiger charge is 2.14. The van der Waals surface area contributed by atoms with Crippen molar-refractivity contribution in [2.24, 2.45) is 0 Å². The van der Waals surface area contributed by atoms with E-state index in [1.807, 2.05) is 0 Å². The van der Waals surface area contributed by atoms with E-state index in [1.165, 1.54) is 10.9 Å². The maximum atomic E-state index is 11.0. The predicted octanol–water partition coefficient (Wildman–Crippen LogP) is -1.33. The second kappa shape index (κ2) is 3.20. The molecule has 0 radical (unpaired) electrons. The fourth-order valence-corrected chi connectivity index (χ4v) is 1.55. The predicted molar refractivity (Wildman–Crippen MR) is 40.2 cm³/mol. The Balaban J connectivity index is 3.08. The fraction of sp³-hybridized carbons (Fsp3) is 0.600. The van der Waals surface area contributed by atoms with Crippen molar-refractivity contribution in [2.75, 3.05) is 12.9 Å². The van der Waals surface area contributed by atoms with Crippen molar-refractivity contribution in [3.05, 3.63) is 6.33 Å². The van der Waals surface area contributed by atoms with E-state index in [0.29, 0.717) is 0 Å². The molecule has 0 aliphatic rings. The molecule has 0 unspecified atom stereocenters. The lowest BCUT2D eigenvalue weighted by molar-refractivity contribution is 0.271. The molecular weight excluding hydrogens is 182 g/mol. The normalized spacial score (nSPS) is 11.8. The van der Waals surface area contributed by atoms with Crippen LogP contribution in [-0.4, -0.2) is 41.2 Å². The summed E-state index contributed by atoms with van der Waals surface area (Å²) >= 11 is 0. The topological polar surface area (TPSA) is 85.1 Å².